The number of benzene rings is 1. The quantitative estimate of drug-likeness (QED) is 0.754. The van der Waals surface area contributed by atoms with Gasteiger partial charge in [-0.1, -0.05) is 19.4 Å². The molecule has 24 heavy (non-hydrogen) atoms. The fourth-order valence-electron chi connectivity index (χ4n) is 3.30. The number of likely N-dealkylation sites (tertiary alicyclic amines) is 1. The lowest BCUT2D eigenvalue weighted by atomic mass is 10.2. The lowest BCUT2D eigenvalue weighted by Crippen LogP contribution is -2.31. The van der Waals surface area contributed by atoms with Crippen LogP contribution in [0.5, 0.6) is 0 Å². The molecular formula is C19H27N3OS. The van der Waals surface area contributed by atoms with Crippen molar-refractivity contribution in [3.63, 3.8) is 0 Å². The number of aromatic nitrogens is 2. The number of hydrogen-bond donors (Lipinski definition) is 1. The molecule has 1 fully saturated rings. The number of amides is 1. The summed E-state index contributed by atoms with van der Waals surface area (Å²) < 4.78 is 0. The Balaban J connectivity index is 1.64. The van der Waals surface area contributed by atoms with Crippen LogP contribution < -0.4 is 0 Å². The van der Waals surface area contributed by atoms with E-state index in [1.807, 2.05) is 16.7 Å². The van der Waals surface area contributed by atoms with Gasteiger partial charge in [0.15, 0.2) is 0 Å². The van der Waals surface area contributed by atoms with E-state index >= 15 is 0 Å². The van der Waals surface area contributed by atoms with Gasteiger partial charge in [0.25, 0.3) is 0 Å². The van der Waals surface area contributed by atoms with Gasteiger partial charge in [-0.2, -0.15) is 11.8 Å². The number of nitrogens with one attached hydrogen (secondary N) is 1. The molecule has 2 aromatic rings. The zero-order valence-corrected chi connectivity index (χ0v) is 15.5. The number of thioether (sulfide) groups is 1. The van der Waals surface area contributed by atoms with Gasteiger partial charge in [-0.15, -0.1) is 0 Å². The van der Waals surface area contributed by atoms with E-state index in [0.717, 1.165) is 47.7 Å². The highest BCUT2D eigenvalue weighted by Gasteiger charge is 2.31. The van der Waals surface area contributed by atoms with Crippen molar-refractivity contribution in [2.24, 2.45) is 0 Å². The molecule has 3 rings (SSSR count). The number of H-pyrrole nitrogens is 1. The third-order valence-electron chi connectivity index (χ3n) is 4.65. The number of carbonyl (C=O) groups is 1. The van der Waals surface area contributed by atoms with Gasteiger partial charge in [0.2, 0.25) is 5.91 Å². The van der Waals surface area contributed by atoms with Crippen LogP contribution in [0.1, 0.15) is 56.5 Å². The molecule has 0 bridgehead atoms. The summed E-state index contributed by atoms with van der Waals surface area (Å²) in [6.07, 6.45) is 5.18. The van der Waals surface area contributed by atoms with Gasteiger partial charge in [-0.3, -0.25) is 4.79 Å². The number of rotatable bonds is 7. The van der Waals surface area contributed by atoms with Gasteiger partial charge in [0.1, 0.15) is 5.82 Å². The lowest BCUT2D eigenvalue weighted by Gasteiger charge is -2.23. The van der Waals surface area contributed by atoms with E-state index in [4.69, 9.17) is 4.98 Å². The van der Waals surface area contributed by atoms with Gasteiger partial charge < -0.3 is 9.88 Å². The van der Waals surface area contributed by atoms with Crippen molar-refractivity contribution in [1.29, 1.82) is 0 Å². The summed E-state index contributed by atoms with van der Waals surface area (Å²) in [6, 6.07) is 6.37. The van der Waals surface area contributed by atoms with Crippen molar-refractivity contribution in [3.05, 3.63) is 29.6 Å². The second-order valence-corrected chi connectivity index (χ2v) is 7.83. The average Bonchev–Trinajstić information content (AvgIpc) is 3.20. The molecule has 0 spiro atoms. The Morgan fingerprint density at radius 1 is 1.42 bits per heavy atom. The van der Waals surface area contributed by atoms with Crippen LogP contribution in [0, 0.1) is 6.92 Å². The van der Waals surface area contributed by atoms with Crippen molar-refractivity contribution in [1.82, 2.24) is 14.9 Å². The second kappa shape index (κ2) is 8.06. The van der Waals surface area contributed by atoms with Crippen molar-refractivity contribution in [2.45, 2.75) is 52.0 Å². The molecule has 1 atom stereocenters. The number of aromatic amines is 1. The summed E-state index contributed by atoms with van der Waals surface area (Å²) in [6.45, 7) is 5.15. The maximum absolute atomic E-state index is 12.6. The van der Waals surface area contributed by atoms with E-state index in [1.165, 1.54) is 18.4 Å². The van der Waals surface area contributed by atoms with Crippen molar-refractivity contribution < 1.29 is 4.79 Å². The first-order valence-corrected chi connectivity index (χ1v) is 10.2. The van der Waals surface area contributed by atoms with E-state index < -0.39 is 0 Å². The predicted octanol–water partition coefficient (Wildman–Crippen LogP) is 4.46. The number of carbonyl (C=O) groups excluding carboxylic acids is 1. The smallest absolute Gasteiger partial charge is 0.224 e. The summed E-state index contributed by atoms with van der Waals surface area (Å²) >= 11 is 1.90. The molecule has 1 aromatic carbocycles. The first-order valence-electron chi connectivity index (χ1n) is 9.02. The minimum absolute atomic E-state index is 0.117. The molecule has 0 saturated carbocycles. The Labute approximate surface area is 148 Å². The van der Waals surface area contributed by atoms with Crippen molar-refractivity contribution in [2.75, 3.05) is 18.1 Å². The number of unbranched alkanes of at least 4 members (excludes halogenated alkanes) is 1. The SMILES string of the molecule is CCCCSCCC(=O)N1CCCC1c1nc2ccc(C)cc2[nH]1. The van der Waals surface area contributed by atoms with Crippen LogP contribution in [-0.2, 0) is 4.79 Å². The molecule has 1 aromatic heterocycles. The Morgan fingerprint density at radius 3 is 3.12 bits per heavy atom. The molecule has 130 valence electrons. The molecule has 5 heteroatoms. The van der Waals surface area contributed by atoms with E-state index in [9.17, 15) is 4.79 Å². The highest BCUT2D eigenvalue weighted by atomic mass is 32.2. The summed E-state index contributed by atoms with van der Waals surface area (Å²) in [7, 11) is 0. The summed E-state index contributed by atoms with van der Waals surface area (Å²) in [5.74, 6) is 3.32. The van der Waals surface area contributed by atoms with Crippen LogP contribution in [-0.4, -0.2) is 38.8 Å². The third kappa shape index (κ3) is 3.94. The summed E-state index contributed by atoms with van der Waals surface area (Å²) in [5.41, 5.74) is 3.28. The van der Waals surface area contributed by atoms with Gasteiger partial charge >= 0.3 is 0 Å². The van der Waals surface area contributed by atoms with Gasteiger partial charge in [0.05, 0.1) is 17.1 Å². The van der Waals surface area contributed by atoms with E-state index in [-0.39, 0.29) is 11.9 Å². The number of hydrogen-bond acceptors (Lipinski definition) is 3. The number of nitrogens with zero attached hydrogens (tertiary/aromatic N) is 2. The topological polar surface area (TPSA) is 49.0 Å². The number of fused-ring (bicyclic) bond motifs is 1. The standard InChI is InChI=1S/C19H27N3OS/c1-3-4-11-24-12-9-18(23)22-10-5-6-17(22)19-20-15-8-7-14(2)13-16(15)21-19/h7-8,13,17H,3-6,9-12H2,1-2H3,(H,20,21). The average molecular weight is 346 g/mol. The molecule has 1 unspecified atom stereocenters. The molecule has 1 N–H and O–H groups in total. The molecule has 1 saturated heterocycles. The minimum atomic E-state index is 0.117. The Morgan fingerprint density at radius 2 is 2.29 bits per heavy atom. The fourth-order valence-corrected chi connectivity index (χ4v) is 4.32. The predicted molar refractivity (Wildman–Crippen MR) is 101 cm³/mol. The summed E-state index contributed by atoms with van der Waals surface area (Å²) in [4.78, 5) is 22.8. The van der Waals surface area contributed by atoms with E-state index in [0.29, 0.717) is 6.42 Å². The Hall–Kier alpha value is -1.49. The third-order valence-corrected chi connectivity index (χ3v) is 5.72. The highest BCUT2D eigenvalue weighted by molar-refractivity contribution is 7.99. The van der Waals surface area contributed by atoms with Gasteiger partial charge in [-0.25, -0.2) is 4.98 Å². The first kappa shape index (κ1) is 17.3. The summed E-state index contributed by atoms with van der Waals surface area (Å²) in [5, 5.41) is 0. The maximum Gasteiger partial charge on any atom is 0.224 e. The monoisotopic (exact) mass is 345 g/mol. The maximum atomic E-state index is 12.6. The first-order chi connectivity index (χ1) is 11.7. The van der Waals surface area contributed by atoms with Crippen LogP contribution in [0.4, 0.5) is 0 Å². The normalized spacial score (nSPS) is 17.8. The van der Waals surface area contributed by atoms with Crippen LogP contribution >= 0.6 is 11.8 Å². The van der Waals surface area contributed by atoms with Gasteiger partial charge in [-0.05, 0) is 49.6 Å². The van der Waals surface area contributed by atoms with Crippen LogP contribution in [0.3, 0.4) is 0 Å². The van der Waals surface area contributed by atoms with Crippen molar-refractivity contribution in [3.8, 4) is 0 Å². The van der Waals surface area contributed by atoms with Crippen LogP contribution in [0.2, 0.25) is 0 Å². The second-order valence-electron chi connectivity index (χ2n) is 6.60. The zero-order valence-electron chi connectivity index (χ0n) is 14.7. The molecule has 0 aliphatic carbocycles. The molecular weight excluding hydrogens is 318 g/mol. The lowest BCUT2D eigenvalue weighted by molar-refractivity contribution is -0.131. The molecule has 0 radical (unpaired) electrons. The van der Waals surface area contributed by atoms with Crippen molar-refractivity contribution >= 4 is 28.7 Å². The molecule has 2 heterocycles. The fraction of sp³-hybridized carbons (Fsp3) is 0.579. The minimum Gasteiger partial charge on any atom is -0.340 e. The van der Waals surface area contributed by atoms with Crippen LogP contribution in [0.15, 0.2) is 18.2 Å². The van der Waals surface area contributed by atoms with E-state index in [1.54, 1.807) is 0 Å². The van der Waals surface area contributed by atoms with E-state index in [2.05, 4.69) is 37.0 Å². The Bertz CT molecular complexity index is 697. The Kier molecular flexibility index (Phi) is 5.82. The largest absolute Gasteiger partial charge is 0.340 e. The highest BCUT2D eigenvalue weighted by Crippen LogP contribution is 2.32. The molecule has 4 nitrogen and oxygen atoms in total. The molecule has 1 aliphatic heterocycles. The zero-order chi connectivity index (χ0) is 16.9. The molecule has 1 aliphatic rings. The number of imidazole rings is 1. The van der Waals surface area contributed by atoms with Crippen LogP contribution in [0.25, 0.3) is 11.0 Å². The molecule has 1 amide bonds. The number of aryl methyl sites for hydroxylation is 1. The van der Waals surface area contributed by atoms with Gasteiger partial charge in [0, 0.05) is 18.7 Å².